The summed E-state index contributed by atoms with van der Waals surface area (Å²) in [5, 5.41) is 12.3. The maximum Gasteiger partial charge on any atom is 0.343 e. The third-order valence-electron chi connectivity index (χ3n) is 2.90. The molecule has 7 nitrogen and oxygen atoms in total. The summed E-state index contributed by atoms with van der Waals surface area (Å²) in [5.74, 6) is 0.221. The van der Waals surface area contributed by atoms with Crippen LogP contribution in [0.4, 0.5) is 0 Å². The van der Waals surface area contributed by atoms with Gasteiger partial charge in [0.15, 0.2) is 5.65 Å². The van der Waals surface area contributed by atoms with Crippen molar-refractivity contribution in [3.63, 3.8) is 0 Å². The highest BCUT2D eigenvalue weighted by Crippen LogP contribution is 2.20. The van der Waals surface area contributed by atoms with Crippen LogP contribution in [0.5, 0.6) is 5.75 Å². The van der Waals surface area contributed by atoms with E-state index in [0.717, 1.165) is 0 Å². The van der Waals surface area contributed by atoms with Crippen LogP contribution in [0.3, 0.4) is 0 Å². The fourth-order valence-corrected chi connectivity index (χ4v) is 1.95. The van der Waals surface area contributed by atoms with Crippen molar-refractivity contribution in [1.29, 1.82) is 0 Å². The highest BCUT2D eigenvalue weighted by Gasteiger charge is 2.17. The van der Waals surface area contributed by atoms with Crippen molar-refractivity contribution in [2.45, 2.75) is 6.92 Å². The Balaban J connectivity index is 2.24. The lowest BCUT2D eigenvalue weighted by atomic mass is 10.3. The van der Waals surface area contributed by atoms with Crippen LogP contribution in [0.1, 0.15) is 17.3 Å². The Labute approximate surface area is 114 Å². The van der Waals surface area contributed by atoms with Crippen LogP contribution in [0.25, 0.3) is 16.7 Å². The van der Waals surface area contributed by atoms with Crippen LogP contribution >= 0.6 is 0 Å². The highest BCUT2D eigenvalue weighted by molar-refractivity contribution is 5.96. The largest absolute Gasteiger partial charge is 0.497 e. The third kappa shape index (κ3) is 1.83. The molecule has 0 saturated carbocycles. The van der Waals surface area contributed by atoms with E-state index in [2.05, 4.69) is 15.3 Å². The molecule has 2 aromatic heterocycles. The van der Waals surface area contributed by atoms with Crippen molar-refractivity contribution < 1.29 is 14.3 Å². The Bertz CT molecular complexity index is 797. The van der Waals surface area contributed by atoms with E-state index in [4.69, 9.17) is 9.47 Å². The number of esters is 1. The molecule has 0 aliphatic heterocycles. The first-order valence-electron chi connectivity index (χ1n) is 6.10. The lowest BCUT2D eigenvalue weighted by molar-refractivity contribution is 0.0528. The molecule has 0 N–H and O–H groups in total. The van der Waals surface area contributed by atoms with E-state index in [1.54, 1.807) is 36.7 Å². The van der Waals surface area contributed by atoms with Gasteiger partial charge in [0.25, 0.3) is 0 Å². The minimum absolute atomic E-state index is 0.295. The predicted molar refractivity (Wildman–Crippen MR) is 70.8 cm³/mol. The van der Waals surface area contributed by atoms with Gasteiger partial charge in [0.2, 0.25) is 0 Å². The molecule has 20 heavy (non-hydrogen) atoms. The summed E-state index contributed by atoms with van der Waals surface area (Å²) in [6.07, 6.45) is 1.43. The number of nitrogens with zero attached hydrogens (tertiary/aromatic N) is 4. The Morgan fingerprint density at radius 3 is 2.95 bits per heavy atom. The van der Waals surface area contributed by atoms with Crippen LogP contribution < -0.4 is 4.74 Å². The zero-order chi connectivity index (χ0) is 14.1. The number of aromatic nitrogens is 4. The van der Waals surface area contributed by atoms with Crippen molar-refractivity contribution >= 4 is 22.6 Å². The highest BCUT2D eigenvalue weighted by atomic mass is 16.5. The van der Waals surface area contributed by atoms with E-state index in [-0.39, 0.29) is 0 Å². The first-order valence-corrected chi connectivity index (χ1v) is 6.10. The van der Waals surface area contributed by atoms with Gasteiger partial charge in [0.1, 0.15) is 16.8 Å². The molecule has 0 aliphatic carbocycles. The van der Waals surface area contributed by atoms with E-state index < -0.39 is 5.97 Å². The van der Waals surface area contributed by atoms with E-state index >= 15 is 0 Å². The molecule has 102 valence electrons. The molecule has 1 aromatic carbocycles. The minimum Gasteiger partial charge on any atom is -0.497 e. The van der Waals surface area contributed by atoms with Gasteiger partial charge in [0.05, 0.1) is 25.4 Å². The van der Waals surface area contributed by atoms with Crippen LogP contribution in [-0.2, 0) is 4.74 Å². The smallest absolute Gasteiger partial charge is 0.343 e. The van der Waals surface area contributed by atoms with Gasteiger partial charge >= 0.3 is 5.97 Å². The number of fused-ring (bicyclic) bond motifs is 3. The number of hydrogen-bond donors (Lipinski definition) is 0. The van der Waals surface area contributed by atoms with E-state index in [0.29, 0.717) is 34.6 Å². The molecule has 0 radical (unpaired) electrons. The van der Waals surface area contributed by atoms with Crippen molar-refractivity contribution in [2.75, 3.05) is 13.7 Å². The lowest BCUT2D eigenvalue weighted by Gasteiger charge is -2.03. The molecular weight excluding hydrogens is 260 g/mol. The van der Waals surface area contributed by atoms with Crippen LogP contribution in [-0.4, -0.2) is 39.5 Å². The van der Waals surface area contributed by atoms with Crippen LogP contribution in [0, 0.1) is 0 Å². The summed E-state index contributed by atoms with van der Waals surface area (Å²) in [4.78, 5) is 11.8. The zero-order valence-corrected chi connectivity index (χ0v) is 11.0. The molecule has 0 amide bonds. The van der Waals surface area contributed by atoms with Crippen LogP contribution in [0.15, 0.2) is 24.4 Å². The lowest BCUT2D eigenvalue weighted by Crippen LogP contribution is -2.05. The van der Waals surface area contributed by atoms with Gasteiger partial charge < -0.3 is 9.47 Å². The van der Waals surface area contributed by atoms with Gasteiger partial charge in [-0.2, -0.15) is 5.10 Å². The first-order chi connectivity index (χ1) is 9.74. The Hall–Kier alpha value is -2.70. The van der Waals surface area contributed by atoms with E-state index in [1.807, 2.05) is 0 Å². The molecule has 0 spiro atoms. The molecule has 0 fully saturated rings. The second-order valence-corrected chi connectivity index (χ2v) is 4.07. The summed E-state index contributed by atoms with van der Waals surface area (Å²) in [7, 11) is 1.58. The molecule has 7 heteroatoms. The maximum atomic E-state index is 11.8. The monoisotopic (exact) mass is 272 g/mol. The van der Waals surface area contributed by atoms with Crippen molar-refractivity contribution in [3.8, 4) is 5.75 Å². The molecule has 3 rings (SSSR count). The SMILES string of the molecule is CCOC(=O)c1cnn2c1nnc1ccc(OC)cc12. The number of ether oxygens (including phenoxy) is 2. The Kier molecular flexibility index (Phi) is 2.94. The van der Waals surface area contributed by atoms with Crippen molar-refractivity contribution in [1.82, 2.24) is 19.8 Å². The number of carbonyl (C=O) groups is 1. The normalized spacial score (nSPS) is 10.9. The average Bonchev–Trinajstić information content (AvgIpc) is 2.91. The molecule has 0 bridgehead atoms. The number of carbonyl (C=O) groups excluding carboxylic acids is 1. The standard InChI is InChI=1S/C13H12N4O3/c1-3-20-13(18)9-7-14-17-11-6-8(19-2)4-5-10(11)15-16-12(9)17/h4-7H,3H2,1-2H3. The van der Waals surface area contributed by atoms with Gasteiger partial charge in [-0.1, -0.05) is 0 Å². The quantitative estimate of drug-likeness (QED) is 0.672. The molecular formula is C13H12N4O3. The average molecular weight is 272 g/mol. The summed E-state index contributed by atoms with van der Waals surface area (Å²) in [6, 6.07) is 5.36. The van der Waals surface area contributed by atoms with E-state index in [9.17, 15) is 4.79 Å². The topological polar surface area (TPSA) is 78.6 Å². The third-order valence-corrected chi connectivity index (χ3v) is 2.90. The maximum absolute atomic E-state index is 11.8. The fourth-order valence-electron chi connectivity index (χ4n) is 1.95. The molecule has 0 aliphatic rings. The molecule has 2 heterocycles. The number of hydrogen-bond acceptors (Lipinski definition) is 6. The Morgan fingerprint density at radius 1 is 1.35 bits per heavy atom. The summed E-state index contributed by atoms with van der Waals surface area (Å²) in [5.41, 5.74) is 2.04. The summed E-state index contributed by atoms with van der Waals surface area (Å²) < 4.78 is 11.7. The van der Waals surface area contributed by atoms with Gasteiger partial charge in [-0.25, -0.2) is 9.31 Å². The van der Waals surface area contributed by atoms with Gasteiger partial charge in [-0.15, -0.1) is 10.2 Å². The van der Waals surface area contributed by atoms with E-state index in [1.165, 1.54) is 6.20 Å². The molecule has 0 atom stereocenters. The predicted octanol–water partition coefficient (Wildman–Crippen LogP) is 1.46. The first kappa shape index (κ1) is 12.3. The van der Waals surface area contributed by atoms with Crippen molar-refractivity contribution in [2.24, 2.45) is 0 Å². The van der Waals surface area contributed by atoms with Crippen LogP contribution in [0.2, 0.25) is 0 Å². The van der Waals surface area contributed by atoms with Crippen molar-refractivity contribution in [3.05, 3.63) is 30.0 Å². The number of methoxy groups -OCH3 is 1. The molecule has 0 saturated heterocycles. The fraction of sp³-hybridized carbons (Fsp3) is 0.231. The summed E-state index contributed by atoms with van der Waals surface area (Å²) in [6.45, 7) is 2.04. The number of benzene rings is 1. The second-order valence-electron chi connectivity index (χ2n) is 4.07. The molecule has 3 aromatic rings. The summed E-state index contributed by atoms with van der Waals surface area (Å²) >= 11 is 0. The van der Waals surface area contributed by atoms with Gasteiger partial charge in [-0.05, 0) is 19.1 Å². The zero-order valence-electron chi connectivity index (χ0n) is 11.0. The minimum atomic E-state index is -0.459. The number of rotatable bonds is 3. The molecule has 0 unspecified atom stereocenters. The van der Waals surface area contributed by atoms with Gasteiger partial charge in [-0.3, -0.25) is 0 Å². The second kappa shape index (κ2) is 4.76. The van der Waals surface area contributed by atoms with Gasteiger partial charge in [0, 0.05) is 6.07 Å². The Morgan fingerprint density at radius 2 is 2.20 bits per heavy atom.